The van der Waals surface area contributed by atoms with E-state index in [1.165, 1.54) is 4.88 Å². The predicted molar refractivity (Wildman–Crippen MR) is 70.1 cm³/mol. The summed E-state index contributed by atoms with van der Waals surface area (Å²) in [6.07, 6.45) is 3.49. The highest BCUT2D eigenvalue weighted by molar-refractivity contribution is 7.91. The molecule has 0 radical (unpaired) electrons. The number of aromatic nitrogens is 1. The molecular formula is C11H18N2O2S2. The van der Waals surface area contributed by atoms with Crippen LogP contribution in [0.3, 0.4) is 0 Å². The van der Waals surface area contributed by atoms with Crippen LogP contribution in [0.1, 0.15) is 29.3 Å². The van der Waals surface area contributed by atoms with Crippen molar-refractivity contribution >= 4 is 21.2 Å². The average molecular weight is 274 g/mol. The van der Waals surface area contributed by atoms with Crippen LogP contribution in [0.15, 0.2) is 6.20 Å². The van der Waals surface area contributed by atoms with Gasteiger partial charge in [0.05, 0.1) is 16.5 Å². The van der Waals surface area contributed by atoms with Crippen LogP contribution in [0.25, 0.3) is 0 Å². The molecule has 2 heterocycles. The minimum atomic E-state index is -2.77. The number of thiazole rings is 1. The summed E-state index contributed by atoms with van der Waals surface area (Å²) >= 11 is 1.68. The number of rotatable bonds is 4. The average Bonchev–Trinajstić information content (AvgIpc) is 2.85. The van der Waals surface area contributed by atoms with Crippen molar-refractivity contribution in [3.05, 3.63) is 16.1 Å². The highest BCUT2D eigenvalue weighted by Crippen LogP contribution is 2.26. The van der Waals surface area contributed by atoms with E-state index in [-0.39, 0.29) is 5.92 Å². The van der Waals surface area contributed by atoms with Crippen LogP contribution < -0.4 is 5.32 Å². The fourth-order valence-corrected chi connectivity index (χ4v) is 5.00. The summed E-state index contributed by atoms with van der Waals surface area (Å²) in [5.41, 5.74) is 0. The van der Waals surface area contributed by atoms with Crippen molar-refractivity contribution in [2.24, 2.45) is 5.92 Å². The molecule has 1 aromatic rings. The van der Waals surface area contributed by atoms with Gasteiger partial charge in [-0.1, -0.05) is 0 Å². The first-order chi connectivity index (χ1) is 8.00. The first kappa shape index (κ1) is 13.0. The van der Waals surface area contributed by atoms with Crippen LogP contribution in [-0.2, 0) is 16.3 Å². The van der Waals surface area contributed by atoms with Crippen LogP contribution in [0.5, 0.6) is 0 Å². The molecule has 96 valence electrons. The first-order valence-electron chi connectivity index (χ1n) is 5.82. The molecule has 2 rings (SSSR count). The largest absolute Gasteiger partial charge is 0.312 e. The van der Waals surface area contributed by atoms with Crippen LogP contribution in [0.4, 0.5) is 0 Å². The maximum Gasteiger partial charge on any atom is 0.150 e. The van der Waals surface area contributed by atoms with Crippen molar-refractivity contribution in [2.45, 2.75) is 25.8 Å². The first-order valence-corrected chi connectivity index (χ1v) is 8.46. The van der Waals surface area contributed by atoms with Crippen molar-refractivity contribution in [2.75, 3.05) is 18.6 Å². The fourth-order valence-electron chi connectivity index (χ4n) is 2.04. The molecule has 1 aliphatic rings. The second-order valence-electron chi connectivity index (χ2n) is 4.64. The van der Waals surface area contributed by atoms with E-state index in [9.17, 15) is 8.42 Å². The van der Waals surface area contributed by atoms with Crippen molar-refractivity contribution in [1.29, 1.82) is 0 Å². The maximum absolute atomic E-state index is 11.4. The lowest BCUT2D eigenvalue weighted by Crippen LogP contribution is -2.10. The van der Waals surface area contributed by atoms with Gasteiger partial charge >= 0.3 is 0 Å². The van der Waals surface area contributed by atoms with Gasteiger partial charge in [-0.05, 0) is 26.3 Å². The highest BCUT2D eigenvalue weighted by Gasteiger charge is 2.28. The van der Waals surface area contributed by atoms with E-state index in [4.69, 9.17) is 0 Å². The highest BCUT2D eigenvalue weighted by atomic mass is 32.2. The standard InChI is InChI=1S/C11H18N2O2S2/c1-8(12-2)10-6-13-11(16-10)5-9-3-4-17(14,15)7-9/h6,8-9,12H,3-5,7H2,1-2H3. The zero-order valence-electron chi connectivity index (χ0n) is 10.1. The number of sulfone groups is 1. The van der Waals surface area contributed by atoms with E-state index < -0.39 is 9.84 Å². The lowest BCUT2D eigenvalue weighted by Gasteiger charge is -2.05. The summed E-state index contributed by atoms with van der Waals surface area (Å²) in [5.74, 6) is 0.954. The second-order valence-corrected chi connectivity index (χ2v) is 8.02. The van der Waals surface area contributed by atoms with Gasteiger partial charge in [-0.15, -0.1) is 11.3 Å². The summed E-state index contributed by atoms with van der Waals surface area (Å²) in [6, 6.07) is 0.313. The van der Waals surface area contributed by atoms with Gasteiger partial charge in [0.15, 0.2) is 9.84 Å². The van der Waals surface area contributed by atoms with Crippen molar-refractivity contribution in [1.82, 2.24) is 10.3 Å². The van der Waals surface area contributed by atoms with Crippen molar-refractivity contribution in [3.8, 4) is 0 Å². The quantitative estimate of drug-likeness (QED) is 0.901. The minimum Gasteiger partial charge on any atom is -0.312 e. The zero-order chi connectivity index (χ0) is 12.5. The Kier molecular flexibility index (Phi) is 3.85. The smallest absolute Gasteiger partial charge is 0.150 e. The van der Waals surface area contributed by atoms with Gasteiger partial charge in [-0.25, -0.2) is 13.4 Å². The molecular weight excluding hydrogens is 256 g/mol. The molecule has 2 atom stereocenters. The Morgan fingerprint density at radius 2 is 2.41 bits per heavy atom. The zero-order valence-corrected chi connectivity index (χ0v) is 11.8. The molecule has 0 saturated carbocycles. The Labute approximate surface area is 106 Å². The van der Waals surface area contributed by atoms with E-state index in [0.29, 0.717) is 17.5 Å². The number of hydrogen-bond donors (Lipinski definition) is 1. The van der Waals surface area contributed by atoms with E-state index in [1.54, 1.807) is 11.3 Å². The normalized spacial score (nSPS) is 24.9. The van der Waals surface area contributed by atoms with Gasteiger partial charge in [0, 0.05) is 23.5 Å². The van der Waals surface area contributed by atoms with E-state index in [1.807, 2.05) is 13.2 Å². The summed E-state index contributed by atoms with van der Waals surface area (Å²) in [6.45, 7) is 2.09. The molecule has 17 heavy (non-hydrogen) atoms. The molecule has 2 unspecified atom stereocenters. The Morgan fingerprint density at radius 3 is 3.00 bits per heavy atom. The maximum atomic E-state index is 11.4. The molecule has 1 N–H and O–H groups in total. The Morgan fingerprint density at radius 1 is 1.65 bits per heavy atom. The summed E-state index contributed by atoms with van der Waals surface area (Å²) < 4.78 is 22.7. The van der Waals surface area contributed by atoms with Crippen LogP contribution in [0.2, 0.25) is 0 Å². The molecule has 0 spiro atoms. The SMILES string of the molecule is CNC(C)c1cnc(CC2CCS(=O)(=O)C2)s1. The van der Waals surface area contributed by atoms with Gasteiger partial charge in [0.2, 0.25) is 0 Å². The van der Waals surface area contributed by atoms with E-state index in [2.05, 4.69) is 17.2 Å². The monoisotopic (exact) mass is 274 g/mol. The Balaban J connectivity index is 1.98. The van der Waals surface area contributed by atoms with Crippen LogP contribution in [0, 0.1) is 5.92 Å². The van der Waals surface area contributed by atoms with Crippen LogP contribution >= 0.6 is 11.3 Å². The Hall–Kier alpha value is -0.460. The van der Waals surface area contributed by atoms with Gasteiger partial charge in [-0.2, -0.15) is 0 Å². The summed E-state index contributed by atoms with van der Waals surface area (Å²) in [7, 11) is -0.841. The van der Waals surface area contributed by atoms with Gasteiger partial charge in [0.25, 0.3) is 0 Å². The van der Waals surface area contributed by atoms with E-state index >= 15 is 0 Å². The number of nitrogens with one attached hydrogen (secondary N) is 1. The lowest BCUT2D eigenvalue weighted by atomic mass is 10.1. The second kappa shape index (κ2) is 5.04. The Bertz CT molecular complexity index is 481. The van der Waals surface area contributed by atoms with Gasteiger partial charge < -0.3 is 5.32 Å². The van der Waals surface area contributed by atoms with Gasteiger partial charge in [0.1, 0.15) is 0 Å². The summed E-state index contributed by atoms with van der Waals surface area (Å²) in [4.78, 5) is 5.59. The topological polar surface area (TPSA) is 59.1 Å². The molecule has 0 bridgehead atoms. The molecule has 1 aromatic heterocycles. The molecule has 0 aromatic carbocycles. The number of hydrogen-bond acceptors (Lipinski definition) is 5. The molecule has 4 nitrogen and oxygen atoms in total. The molecule has 1 fully saturated rings. The minimum absolute atomic E-state index is 0.267. The molecule has 1 saturated heterocycles. The van der Waals surface area contributed by atoms with Gasteiger partial charge in [-0.3, -0.25) is 0 Å². The lowest BCUT2D eigenvalue weighted by molar-refractivity contribution is 0.582. The molecule has 0 amide bonds. The molecule has 0 aliphatic carbocycles. The van der Waals surface area contributed by atoms with Crippen molar-refractivity contribution < 1.29 is 8.42 Å². The molecule has 1 aliphatic heterocycles. The fraction of sp³-hybridized carbons (Fsp3) is 0.727. The third-order valence-corrected chi connectivity index (χ3v) is 6.26. The van der Waals surface area contributed by atoms with Crippen molar-refractivity contribution in [3.63, 3.8) is 0 Å². The summed E-state index contributed by atoms with van der Waals surface area (Å²) in [5, 5.41) is 4.24. The molecule has 6 heteroatoms. The number of nitrogens with zero attached hydrogens (tertiary/aromatic N) is 1. The van der Waals surface area contributed by atoms with E-state index in [0.717, 1.165) is 17.8 Å². The third kappa shape index (κ3) is 3.26. The third-order valence-electron chi connectivity index (χ3n) is 3.22. The van der Waals surface area contributed by atoms with Crippen LogP contribution in [-0.4, -0.2) is 32.0 Å². The predicted octanol–water partition coefficient (Wildman–Crippen LogP) is 1.40.